The summed E-state index contributed by atoms with van der Waals surface area (Å²) in [6.45, 7) is 12.9. The Bertz CT molecular complexity index is 302. The number of carbonyl (C=O) groups is 1. The molecule has 1 fully saturated rings. The fourth-order valence-corrected chi connectivity index (χ4v) is 2.31. The van der Waals surface area contributed by atoms with Crippen LogP contribution in [0.4, 0.5) is 4.79 Å². The van der Waals surface area contributed by atoms with Crippen molar-refractivity contribution in [2.45, 2.75) is 72.1 Å². The molecule has 106 valence electrons. The zero-order chi connectivity index (χ0) is 14.1. The average Bonchev–Trinajstić information content (AvgIpc) is 2.42. The van der Waals surface area contributed by atoms with Crippen LogP contribution in [0.3, 0.4) is 0 Å². The minimum absolute atomic E-state index is 0.0664. The van der Waals surface area contributed by atoms with E-state index in [1.807, 2.05) is 20.8 Å². The van der Waals surface area contributed by atoms with Gasteiger partial charge in [0.2, 0.25) is 0 Å². The van der Waals surface area contributed by atoms with Gasteiger partial charge < -0.3 is 15.4 Å². The molecule has 4 nitrogen and oxygen atoms in total. The molecule has 0 aliphatic carbocycles. The first-order chi connectivity index (χ1) is 7.99. The minimum atomic E-state index is -0.448. The summed E-state index contributed by atoms with van der Waals surface area (Å²) in [6.07, 6.45) is 1.54. The molecule has 1 rings (SSSR count). The molecule has 1 aliphatic rings. The van der Waals surface area contributed by atoms with E-state index in [9.17, 15) is 4.79 Å². The molecule has 0 radical (unpaired) electrons. The molecule has 0 aromatic rings. The highest BCUT2D eigenvalue weighted by molar-refractivity contribution is 5.69. The highest BCUT2D eigenvalue weighted by Crippen LogP contribution is 2.30. The molecule has 18 heavy (non-hydrogen) atoms. The van der Waals surface area contributed by atoms with Crippen LogP contribution in [0.25, 0.3) is 0 Å². The molecular formula is C14H28N2O2. The van der Waals surface area contributed by atoms with Crippen LogP contribution in [0, 0.1) is 5.41 Å². The molecule has 2 atom stereocenters. The quantitative estimate of drug-likeness (QED) is 0.785. The lowest BCUT2D eigenvalue weighted by Crippen LogP contribution is -2.46. The maximum absolute atomic E-state index is 12.2. The number of likely N-dealkylation sites (tertiary alicyclic amines) is 1. The summed E-state index contributed by atoms with van der Waals surface area (Å²) in [5.41, 5.74) is 5.84. The maximum atomic E-state index is 12.2. The molecule has 1 aliphatic heterocycles. The van der Waals surface area contributed by atoms with Gasteiger partial charge in [-0.15, -0.1) is 0 Å². The maximum Gasteiger partial charge on any atom is 0.410 e. The second kappa shape index (κ2) is 5.08. The summed E-state index contributed by atoms with van der Waals surface area (Å²) >= 11 is 0. The number of amides is 1. The van der Waals surface area contributed by atoms with Crippen molar-refractivity contribution in [3.05, 3.63) is 0 Å². The zero-order valence-electron chi connectivity index (χ0n) is 12.6. The lowest BCUT2D eigenvalue weighted by atomic mass is 9.86. The molecule has 0 bridgehead atoms. The number of hydrogen-bond acceptors (Lipinski definition) is 3. The fraction of sp³-hybridized carbons (Fsp3) is 0.929. The van der Waals surface area contributed by atoms with E-state index in [0.29, 0.717) is 6.54 Å². The second-order valence-electron chi connectivity index (χ2n) is 7.46. The Balaban J connectivity index is 2.72. The Morgan fingerprint density at radius 1 is 1.28 bits per heavy atom. The van der Waals surface area contributed by atoms with E-state index in [1.165, 1.54) is 0 Å². The summed E-state index contributed by atoms with van der Waals surface area (Å²) in [7, 11) is 0. The van der Waals surface area contributed by atoms with Crippen molar-refractivity contribution in [1.29, 1.82) is 0 Å². The molecule has 1 amide bonds. The first-order valence-electron chi connectivity index (χ1n) is 6.75. The third-order valence-corrected chi connectivity index (χ3v) is 3.05. The van der Waals surface area contributed by atoms with Crippen molar-refractivity contribution in [3.8, 4) is 0 Å². The van der Waals surface area contributed by atoms with Gasteiger partial charge in [-0.3, -0.25) is 0 Å². The molecule has 0 saturated carbocycles. The molecule has 2 unspecified atom stereocenters. The number of ether oxygens (including phenoxy) is 1. The molecule has 1 saturated heterocycles. The summed E-state index contributed by atoms with van der Waals surface area (Å²) in [6, 6.07) is 0.164. The average molecular weight is 256 g/mol. The summed E-state index contributed by atoms with van der Waals surface area (Å²) in [4.78, 5) is 14.0. The zero-order valence-corrected chi connectivity index (χ0v) is 12.6. The normalized spacial score (nSPS) is 25.4. The first-order valence-corrected chi connectivity index (χ1v) is 6.75. The van der Waals surface area contributed by atoms with E-state index >= 15 is 0 Å². The standard InChI is InChI=1S/C14H28N2O2/c1-13(2,3)9-11-10(15)7-8-16(11)12(17)18-14(4,5)6/h10-11H,7-9,15H2,1-6H3. The summed E-state index contributed by atoms with van der Waals surface area (Å²) in [5.74, 6) is 0. The van der Waals surface area contributed by atoms with Crippen molar-refractivity contribution in [2.75, 3.05) is 6.54 Å². The van der Waals surface area contributed by atoms with Gasteiger partial charge in [-0.2, -0.15) is 0 Å². The van der Waals surface area contributed by atoms with Crippen LogP contribution in [0.1, 0.15) is 54.4 Å². The van der Waals surface area contributed by atoms with Crippen molar-refractivity contribution < 1.29 is 9.53 Å². The Labute approximate surface area is 111 Å². The summed E-state index contributed by atoms with van der Waals surface area (Å²) < 4.78 is 5.45. The largest absolute Gasteiger partial charge is 0.444 e. The number of hydrogen-bond donors (Lipinski definition) is 1. The van der Waals surface area contributed by atoms with Crippen molar-refractivity contribution >= 4 is 6.09 Å². The van der Waals surface area contributed by atoms with Gasteiger partial charge in [0.15, 0.2) is 0 Å². The molecule has 4 heteroatoms. The lowest BCUT2D eigenvalue weighted by molar-refractivity contribution is 0.0188. The number of nitrogens with two attached hydrogens (primary N) is 1. The van der Waals surface area contributed by atoms with Gasteiger partial charge in [0.1, 0.15) is 5.60 Å². The predicted molar refractivity (Wildman–Crippen MR) is 73.4 cm³/mol. The first kappa shape index (κ1) is 15.3. The van der Waals surface area contributed by atoms with Gasteiger partial charge in [-0.1, -0.05) is 20.8 Å². The van der Waals surface area contributed by atoms with Crippen LogP contribution in [-0.4, -0.2) is 35.2 Å². The van der Waals surface area contributed by atoms with E-state index in [-0.39, 0.29) is 23.6 Å². The molecule has 0 aromatic heterocycles. The Hall–Kier alpha value is -0.770. The Morgan fingerprint density at radius 2 is 1.83 bits per heavy atom. The second-order valence-corrected chi connectivity index (χ2v) is 7.46. The summed E-state index contributed by atoms with van der Waals surface area (Å²) in [5, 5.41) is 0. The van der Waals surface area contributed by atoms with E-state index in [0.717, 1.165) is 12.8 Å². The highest BCUT2D eigenvalue weighted by atomic mass is 16.6. The minimum Gasteiger partial charge on any atom is -0.444 e. The van der Waals surface area contributed by atoms with Crippen molar-refractivity contribution in [2.24, 2.45) is 11.1 Å². The third kappa shape index (κ3) is 4.48. The highest BCUT2D eigenvalue weighted by Gasteiger charge is 2.39. The number of nitrogens with zero attached hydrogens (tertiary/aromatic N) is 1. The lowest BCUT2D eigenvalue weighted by Gasteiger charge is -2.33. The van der Waals surface area contributed by atoms with E-state index in [4.69, 9.17) is 10.5 Å². The van der Waals surface area contributed by atoms with Gasteiger partial charge in [-0.05, 0) is 39.0 Å². The van der Waals surface area contributed by atoms with Crippen LogP contribution in [0.5, 0.6) is 0 Å². The van der Waals surface area contributed by atoms with E-state index in [2.05, 4.69) is 20.8 Å². The fourth-order valence-electron chi connectivity index (χ4n) is 2.31. The number of rotatable bonds is 1. The SMILES string of the molecule is CC(C)(C)CC1C(N)CCN1C(=O)OC(C)(C)C. The molecule has 0 aromatic carbocycles. The van der Waals surface area contributed by atoms with Gasteiger partial charge >= 0.3 is 6.09 Å². The Morgan fingerprint density at radius 3 is 2.28 bits per heavy atom. The molecule has 0 spiro atoms. The topological polar surface area (TPSA) is 55.6 Å². The van der Waals surface area contributed by atoms with Gasteiger partial charge in [0, 0.05) is 12.6 Å². The van der Waals surface area contributed by atoms with Gasteiger partial charge in [-0.25, -0.2) is 4.79 Å². The van der Waals surface area contributed by atoms with Crippen molar-refractivity contribution in [3.63, 3.8) is 0 Å². The molecule has 2 N–H and O–H groups in total. The molecule has 1 heterocycles. The van der Waals surface area contributed by atoms with Crippen LogP contribution in [0.15, 0.2) is 0 Å². The van der Waals surface area contributed by atoms with E-state index in [1.54, 1.807) is 4.90 Å². The van der Waals surface area contributed by atoms with Crippen molar-refractivity contribution in [1.82, 2.24) is 4.90 Å². The Kier molecular flexibility index (Phi) is 4.31. The van der Waals surface area contributed by atoms with Crippen LogP contribution in [0.2, 0.25) is 0 Å². The van der Waals surface area contributed by atoms with Crippen LogP contribution < -0.4 is 5.73 Å². The smallest absolute Gasteiger partial charge is 0.410 e. The number of carbonyl (C=O) groups excluding carboxylic acids is 1. The van der Waals surface area contributed by atoms with Gasteiger partial charge in [0.05, 0.1) is 6.04 Å². The van der Waals surface area contributed by atoms with E-state index < -0.39 is 5.60 Å². The predicted octanol–water partition coefficient (Wildman–Crippen LogP) is 2.76. The van der Waals surface area contributed by atoms with Crippen LogP contribution in [-0.2, 0) is 4.74 Å². The monoisotopic (exact) mass is 256 g/mol. The van der Waals surface area contributed by atoms with Crippen LogP contribution >= 0.6 is 0 Å². The van der Waals surface area contributed by atoms with Gasteiger partial charge in [0.25, 0.3) is 0 Å². The third-order valence-electron chi connectivity index (χ3n) is 3.05. The molecular weight excluding hydrogens is 228 g/mol.